The van der Waals surface area contributed by atoms with Gasteiger partial charge in [0.25, 0.3) is 0 Å². The van der Waals surface area contributed by atoms with Crippen LogP contribution in [-0.2, 0) is 6.54 Å². The molecule has 1 rings (SSSR count). The van der Waals surface area contributed by atoms with E-state index in [0.717, 1.165) is 13.1 Å². The fourth-order valence-electron chi connectivity index (χ4n) is 1.69. The van der Waals surface area contributed by atoms with Crippen molar-refractivity contribution in [3.63, 3.8) is 0 Å². The highest BCUT2D eigenvalue weighted by atomic mass is 127. The van der Waals surface area contributed by atoms with Gasteiger partial charge in [-0.3, -0.25) is 0 Å². The summed E-state index contributed by atoms with van der Waals surface area (Å²) in [6.07, 6.45) is 2.61. The number of alkyl halides is 1. The summed E-state index contributed by atoms with van der Waals surface area (Å²) in [7, 11) is 0. The number of aryl methyl sites for hydroxylation is 2. The van der Waals surface area contributed by atoms with Crippen LogP contribution in [0.2, 0.25) is 0 Å². The van der Waals surface area contributed by atoms with Crippen LogP contribution in [0.3, 0.4) is 0 Å². The summed E-state index contributed by atoms with van der Waals surface area (Å²) in [4.78, 5) is 0. The highest BCUT2D eigenvalue weighted by Gasteiger charge is 2.00. The Hall–Kier alpha value is -0.0900. The minimum absolute atomic E-state index is 1.01. The highest BCUT2D eigenvalue weighted by Crippen LogP contribution is 2.12. The molecule has 0 spiro atoms. The molecular weight excluding hydrogens is 297 g/mol. The average molecular weight is 317 g/mol. The lowest BCUT2D eigenvalue weighted by atomic mass is 10.0. The number of halogens is 1. The lowest BCUT2D eigenvalue weighted by molar-refractivity contribution is 0.642. The van der Waals surface area contributed by atoms with Gasteiger partial charge in [-0.1, -0.05) is 40.8 Å². The zero-order valence-electron chi connectivity index (χ0n) is 9.65. The lowest BCUT2D eigenvalue weighted by Gasteiger charge is -2.10. The third-order valence-electron chi connectivity index (χ3n) is 2.68. The molecule has 0 aromatic heterocycles. The third kappa shape index (κ3) is 4.51. The van der Waals surface area contributed by atoms with Crippen molar-refractivity contribution in [1.29, 1.82) is 0 Å². The van der Waals surface area contributed by atoms with Crippen molar-refractivity contribution in [3.05, 3.63) is 34.9 Å². The molecule has 2 heteroatoms. The molecule has 0 bridgehead atoms. The first-order chi connectivity index (χ1) is 7.25. The maximum atomic E-state index is 3.51. The quantitative estimate of drug-likeness (QED) is 0.480. The van der Waals surface area contributed by atoms with E-state index in [-0.39, 0.29) is 0 Å². The fourth-order valence-corrected chi connectivity index (χ4v) is 2.23. The summed E-state index contributed by atoms with van der Waals surface area (Å²) in [6, 6.07) is 6.51. The number of hydrogen-bond donors (Lipinski definition) is 1. The minimum atomic E-state index is 1.01. The van der Waals surface area contributed by atoms with Crippen molar-refractivity contribution >= 4 is 22.6 Å². The Balaban J connectivity index is 2.37. The molecule has 0 aliphatic rings. The number of benzene rings is 1. The predicted octanol–water partition coefficient (Wildman–Crippen LogP) is 3.61. The second kappa shape index (κ2) is 7.23. The molecule has 0 heterocycles. The van der Waals surface area contributed by atoms with E-state index in [1.165, 1.54) is 34.0 Å². The second-order valence-corrected chi connectivity index (χ2v) is 5.02. The zero-order chi connectivity index (χ0) is 11.1. The number of hydrogen-bond acceptors (Lipinski definition) is 1. The number of unbranched alkanes of at least 4 members (excludes halogenated alkanes) is 1. The van der Waals surface area contributed by atoms with Gasteiger partial charge in [0.15, 0.2) is 0 Å². The van der Waals surface area contributed by atoms with Crippen LogP contribution in [0.25, 0.3) is 0 Å². The van der Waals surface area contributed by atoms with Gasteiger partial charge in [-0.05, 0) is 54.4 Å². The van der Waals surface area contributed by atoms with Crippen molar-refractivity contribution < 1.29 is 0 Å². The SMILES string of the molecule is Cc1cccc(C)c1CNCCCCI. The van der Waals surface area contributed by atoms with Gasteiger partial charge in [-0.15, -0.1) is 0 Å². The molecule has 1 nitrogen and oxygen atoms in total. The van der Waals surface area contributed by atoms with E-state index in [4.69, 9.17) is 0 Å². The van der Waals surface area contributed by atoms with Crippen molar-refractivity contribution in [3.8, 4) is 0 Å². The maximum absolute atomic E-state index is 3.51. The van der Waals surface area contributed by atoms with Crippen LogP contribution >= 0.6 is 22.6 Å². The predicted molar refractivity (Wildman–Crippen MR) is 75.7 cm³/mol. The zero-order valence-corrected chi connectivity index (χ0v) is 11.8. The number of rotatable bonds is 6. The van der Waals surface area contributed by atoms with Gasteiger partial charge < -0.3 is 5.32 Å². The Morgan fingerprint density at radius 2 is 1.80 bits per heavy atom. The van der Waals surface area contributed by atoms with Crippen molar-refractivity contribution in [2.45, 2.75) is 33.2 Å². The second-order valence-electron chi connectivity index (χ2n) is 3.94. The van der Waals surface area contributed by atoms with Gasteiger partial charge in [0, 0.05) is 6.54 Å². The van der Waals surface area contributed by atoms with Gasteiger partial charge in [0.2, 0.25) is 0 Å². The van der Waals surface area contributed by atoms with Gasteiger partial charge in [0.1, 0.15) is 0 Å². The molecule has 1 aromatic carbocycles. The van der Waals surface area contributed by atoms with Gasteiger partial charge in [-0.25, -0.2) is 0 Å². The molecule has 0 aliphatic heterocycles. The lowest BCUT2D eigenvalue weighted by Crippen LogP contribution is -2.16. The first-order valence-corrected chi connectivity index (χ1v) is 7.10. The minimum Gasteiger partial charge on any atom is -0.313 e. The van der Waals surface area contributed by atoms with Gasteiger partial charge in [0.05, 0.1) is 0 Å². The van der Waals surface area contributed by atoms with Crippen molar-refractivity contribution in [2.75, 3.05) is 11.0 Å². The summed E-state index contributed by atoms with van der Waals surface area (Å²) in [5.74, 6) is 0. The van der Waals surface area contributed by atoms with Gasteiger partial charge >= 0.3 is 0 Å². The summed E-state index contributed by atoms with van der Waals surface area (Å²) in [5.41, 5.74) is 4.26. The molecule has 84 valence electrons. The molecule has 0 saturated carbocycles. The normalized spacial score (nSPS) is 10.6. The average Bonchev–Trinajstić information content (AvgIpc) is 2.21. The molecule has 0 radical (unpaired) electrons. The summed E-state index contributed by atoms with van der Waals surface area (Å²) >= 11 is 2.43. The van der Waals surface area contributed by atoms with Crippen LogP contribution in [0, 0.1) is 13.8 Å². The molecule has 1 aromatic rings. The third-order valence-corrected chi connectivity index (χ3v) is 3.45. The van der Waals surface area contributed by atoms with E-state index in [0.29, 0.717) is 0 Å². The van der Waals surface area contributed by atoms with Crippen LogP contribution in [-0.4, -0.2) is 11.0 Å². The van der Waals surface area contributed by atoms with E-state index in [9.17, 15) is 0 Å². The van der Waals surface area contributed by atoms with E-state index in [1.54, 1.807) is 0 Å². The Kier molecular flexibility index (Phi) is 6.25. The Morgan fingerprint density at radius 1 is 1.13 bits per heavy atom. The molecule has 0 atom stereocenters. The number of nitrogens with one attached hydrogen (secondary N) is 1. The molecule has 1 N–H and O–H groups in total. The Labute approximate surface area is 107 Å². The molecule has 15 heavy (non-hydrogen) atoms. The summed E-state index contributed by atoms with van der Waals surface area (Å²) in [5, 5.41) is 3.51. The van der Waals surface area contributed by atoms with Crippen LogP contribution in [0.1, 0.15) is 29.5 Å². The van der Waals surface area contributed by atoms with Crippen LogP contribution in [0.4, 0.5) is 0 Å². The topological polar surface area (TPSA) is 12.0 Å². The molecule has 0 aliphatic carbocycles. The van der Waals surface area contributed by atoms with E-state index in [2.05, 4.69) is 60.0 Å². The first kappa shape index (κ1) is 13.0. The van der Waals surface area contributed by atoms with Crippen LogP contribution < -0.4 is 5.32 Å². The standard InChI is InChI=1S/C13H20IN/c1-11-6-5-7-12(2)13(11)10-15-9-4-3-8-14/h5-7,15H,3-4,8-10H2,1-2H3. The monoisotopic (exact) mass is 317 g/mol. The smallest absolute Gasteiger partial charge is 0.0210 e. The Morgan fingerprint density at radius 3 is 2.40 bits per heavy atom. The highest BCUT2D eigenvalue weighted by molar-refractivity contribution is 14.1. The molecule has 0 unspecified atom stereocenters. The first-order valence-electron chi connectivity index (χ1n) is 5.57. The molecule has 0 saturated heterocycles. The summed E-state index contributed by atoms with van der Waals surface area (Å²) in [6.45, 7) is 6.53. The van der Waals surface area contributed by atoms with Crippen molar-refractivity contribution in [2.24, 2.45) is 0 Å². The Bertz CT molecular complexity index is 276. The van der Waals surface area contributed by atoms with Crippen molar-refractivity contribution in [1.82, 2.24) is 5.32 Å². The largest absolute Gasteiger partial charge is 0.313 e. The fraction of sp³-hybridized carbons (Fsp3) is 0.538. The van der Waals surface area contributed by atoms with Crippen LogP contribution in [0.15, 0.2) is 18.2 Å². The van der Waals surface area contributed by atoms with E-state index >= 15 is 0 Å². The molecule has 0 fully saturated rings. The van der Waals surface area contributed by atoms with Gasteiger partial charge in [-0.2, -0.15) is 0 Å². The van der Waals surface area contributed by atoms with Crippen LogP contribution in [0.5, 0.6) is 0 Å². The molecule has 0 amide bonds. The maximum Gasteiger partial charge on any atom is 0.0210 e. The summed E-state index contributed by atoms with van der Waals surface area (Å²) < 4.78 is 1.27. The van der Waals surface area contributed by atoms with E-state index in [1.807, 2.05) is 0 Å². The molecular formula is C13H20IN. The van der Waals surface area contributed by atoms with E-state index < -0.39 is 0 Å².